The molecule has 15 heteroatoms. The van der Waals surface area contributed by atoms with Crippen LogP contribution < -0.4 is 15.5 Å². The molecule has 0 aromatic heterocycles. The summed E-state index contributed by atoms with van der Waals surface area (Å²) < 4.78 is 39.0. The first-order chi connectivity index (χ1) is 20.2. The summed E-state index contributed by atoms with van der Waals surface area (Å²) in [4.78, 5) is 38.7. The minimum atomic E-state index is -1.49. The first-order valence-electron chi connectivity index (χ1n) is 12.8. The number of aliphatic hydroxyl groups is 1. The number of morpholine rings is 1. The van der Waals surface area contributed by atoms with Crippen molar-refractivity contribution in [1.29, 1.82) is 0 Å². The normalized spacial score (nSPS) is 17.5. The first-order valence-corrected chi connectivity index (χ1v) is 14.1. The molecule has 2 aliphatic rings. The molecule has 0 spiro atoms. The maximum absolute atomic E-state index is 13.9. The number of ether oxygens (including phenoxy) is 2. The Bertz CT molecular complexity index is 1390. The van der Waals surface area contributed by atoms with E-state index in [4.69, 9.17) is 31.9 Å². The number of nitrogens with one attached hydrogen (secondary N) is 2. The molecule has 42 heavy (non-hydrogen) atoms. The van der Waals surface area contributed by atoms with E-state index < -0.39 is 48.6 Å². The van der Waals surface area contributed by atoms with E-state index in [1.165, 1.54) is 6.07 Å². The molecular formula is C27H28F2N4O7S2. The highest BCUT2D eigenvalue weighted by atomic mass is 32.2. The standard InChI is InChI=1S/C27H28F2N4O7S2/c28-19-3-1-17(12-20(19)29)16-2-4-22(40-10-7-32-5-8-39-9-6-32)18(11-16)13-23-25(36)33(27(41)42-23)30-14-24(35)31-21(15-34)26(37)38/h1-4,11-13,21,30,34H,5-10,14-15H2,(H,31,35)(H,37,38)/b23-13-/t21-/m0/s1. The number of carbonyl (C=O) groups excluding carboxylic acids is 2. The molecule has 2 saturated heterocycles. The van der Waals surface area contributed by atoms with Crippen LogP contribution in [0.1, 0.15) is 5.56 Å². The Labute approximate surface area is 249 Å². The van der Waals surface area contributed by atoms with Gasteiger partial charge in [-0.05, 0) is 41.5 Å². The fourth-order valence-electron chi connectivity index (χ4n) is 4.08. The van der Waals surface area contributed by atoms with Crippen molar-refractivity contribution in [1.82, 2.24) is 20.7 Å². The Morgan fingerprint density at radius 1 is 1.14 bits per heavy atom. The number of aliphatic hydroxyl groups excluding tert-OH is 1. The largest absolute Gasteiger partial charge is 0.492 e. The van der Waals surface area contributed by atoms with Gasteiger partial charge in [0.1, 0.15) is 18.4 Å². The molecule has 0 saturated carbocycles. The molecule has 4 rings (SSSR count). The molecule has 0 bridgehead atoms. The third-order valence-electron chi connectivity index (χ3n) is 6.33. The highest BCUT2D eigenvalue weighted by Crippen LogP contribution is 2.35. The van der Waals surface area contributed by atoms with Crippen LogP contribution in [-0.2, 0) is 19.1 Å². The quantitative estimate of drug-likeness (QED) is 0.203. The van der Waals surface area contributed by atoms with Gasteiger partial charge in [0.25, 0.3) is 5.91 Å². The second-order valence-corrected chi connectivity index (χ2v) is 10.9. The number of hydrogen-bond acceptors (Lipinski definition) is 10. The Hall–Kier alpha value is -3.47. The van der Waals surface area contributed by atoms with Crippen LogP contribution >= 0.6 is 24.0 Å². The van der Waals surface area contributed by atoms with Crippen molar-refractivity contribution in [3.05, 3.63) is 58.5 Å². The SMILES string of the molecule is O=C(CNN1C(=O)/C(=C/c2cc(-c3ccc(F)c(F)c3)ccc2OCCN2CCOCC2)SC1=S)N[C@@H](CO)C(=O)O. The second-order valence-electron chi connectivity index (χ2n) is 9.18. The minimum absolute atomic E-state index is 0.0996. The van der Waals surface area contributed by atoms with E-state index in [9.17, 15) is 23.2 Å². The summed E-state index contributed by atoms with van der Waals surface area (Å²) in [6, 6.07) is 7.13. The van der Waals surface area contributed by atoms with E-state index in [0.29, 0.717) is 48.8 Å². The Balaban J connectivity index is 1.52. The topological polar surface area (TPSA) is 141 Å². The van der Waals surface area contributed by atoms with Gasteiger partial charge in [0.2, 0.25) is 5.91 Å². The molecule has 2 amide bonds. The lowest BCUT2D eigenvalue weighted by molar-refractivity contribution is -0.143. The zero-order valence-corrected chi connectivity index (χ0v) is 23.8. The van der Waals surface area contributed by atoms with Crippen molar-refractivity contribution in [2.24, 2.45) is 0 Å². The lowest BCUT2D eigenvalue weighted by atomic mass is 10.0. The Morgan fingerprint density at radius 3 is 2.55 bits per heavy atom. The fourth-order valence-corrected chi connectivity index (χ4v) is 5.29. The van der Waals surface area contributed by atoms with E-state index in [1.54, 1.807) is 24.3 Å². The summed E-state index contributed by atoms with van der Waals surface area (Å²) >= 11 is 6.26. The van der Waals surface area contributed by atoms with E-state index >= 15 is 0 Å². The van der Waals surface area contributed by atoms with Crippen LogP contribution in [0, 0.1) is 11.6 Å². The smallest absolute Gasteiger partial charge is 0.328 e. The van der Waals surface area contributed by atoms with Gasteiger partial charge in [0.15, 0.2) is 16.0 Å². The summed E-state index contributed by atoms with van der Waals surface area (Å²) in [5, 5.41) is 21.2. The van der Waals surface area contributed by atoms with Gasteiger partial charge in [-0.25, -0.2) is 24.0 Å². The minimum Gasteiger partial charge on any atom is -0.492 e. The summed E-state index contributed by atoms with van der Waals surface area (Å²) in [5.41, 5.74) is 4.04. The molecule has 2 heterocycles. The molecule has 2 aliphatic heterocycles. The number of carboxylic acids is 1. The molecule has 2 aromatic rings. The number of halogens is 2. The number of carboxylic acid groups (broad SMARTS) is 1. The zero-order valence-electron chi connectivity index (χ0n) is 22.2. The average molecular weight is 623 g/mol. The highest BCUT2D eigenvalue weighted by Gasteiger charge is 2.33. The number of rotatable bonds is 12. The molecule has 11 nitrogen and oxygen atoms in total. The third kappa shape index (κ3) is 8.08. The summed E-state index contributed by atoms with van der Waals surface area (Å²) in [6.07, 6.45) is 1.56. The molecule has 4 N–H and O–H groups in total. The van der Waals surface area contributed by atoms with Crippen molar-refractivity contribution in [3.63, 3.8) is 0 Å². The molecular weight excluding hydrogens is 594 g/mol. The summed E-state index contributed by atoms with van der Waals surface area (Å²) in [6.45, 7) is 2.59. The van der Waals surface area contributed by atoms with Gasteiger partial charge in [0.05, 0.1) is 31.3 Å². The average Bonchev–Trinajstić information content (AvgIpc) is 3.24. The van der Waals surface area contributed by atoms with E-state index in [2.05, 4.69) is 15.6 Å². The molecule has 0 aliphatic carbocycles. The molecule has 0 radical (unpaired) electrons. The Kier molecular flexibility index (Phi) is 11.0. The summed E-state index contributed by atoms with van der Waals surface area (Å²) in [5.74, 6) is -4.26. The number of hydrazine groups is 1. The van der Waals surface area contributed by atoms with Crippen LogP contribution in [0.5, 0.6) is 5.75 Å². The van der Waals surface area contributed by atoms with E-state index in [1.807, 2.05) is 0 Å². The van der Waals surface area contributed by atoms with Gasteiger partial charge in [-0.1, -0.05) is 36.1 Å². The first kappa shape index (κ1) is 31.5. The number of thioether (sulfide) groups is 1. The van der Waals surface area contributed by atoms with Gasteiger partial charge < -0.3 is 25.0 Å². The number of carbonyl (C=O) groups is 3. The van der Waals surface area contributed by atoms with Gasteiger partial charge in [-0.3, -0.25) is 14.5 Å². The van der Waals surface area contributed by atoms with Crippen molar-refractivity contribution >= 4 is 52.2 Å². The fraction of sp³-hybridized carbons (Fsp3) is 0.333. The van der Waals surface area contributed by atoms with Crippen molar-refractivity contribution < 1.29 is 42.9 Å². The van der Waals surface area contributed by atoms with E-state index in [-0.39, 0.29) is 9.23 Å². The summed E-state index contributed by atoms with van der Waals surface area (Å²) in [7, 11) is 0. The number of hydrogen-bond donors (Lipinski definition) is 4. The van der Waals surface area contributed by atoms with E-state index in [0.717, 1.165) is 42.0 Å². The highest BCUT2D eigenvalue weighted by molar-refractivity contribution is 8.26. The molecule has 224 valence electrons. The van der Waals surface area contributed by atoms with Crippen LogP contribution in [0.3, 0.4) is 0 Å². The van der Waals surface area contributed by atoms with Crippen molar-refractivity contribution in [3.8, 4) is 16.9 Å². The van der Waals surface area contributed by atoms with Crippen molar-refractivity contribution in [2.75, 3.05) is 52.6 Å². The van der Waals surface area contributed by atoms with Crippen LogP contribution in [-0.4, -0.2) is 101 Å². The monoisotopic (exact) mass is 622 g/mol. The van der Waals surface area contributed by atoms with Gasteiger partial charge in [-0.15, -0.1) is 0 Å². The number of benzene rings is 2. The Morgan fingerprint density at radius 2 is 1.86 bits per heavy atom. The second kappa shape index (κ2) is 14.6. The maximum Gasteiger partial charge on any atom is 0.328 e. The number of aliphatic carboxylic acids is 1. The third-order valence-corrected chi connectivity index (χ3v) is 7.63. The molecule has 2 aromatic carbocycles. The molecule has 1 atom stereocenters. The number of nitrogens with zero attached hydrogens (tertiary/aromatic N) is 2. The van der Waals surface area contributed by atoms with Crippen LogP contribution in [0.2, 0.25) is 0 Å². The van der Waals surface area contributed by atoms with Gasteiger partial charge in [0, 0.05) is 25.2 Å². The van der Waals surface area contributed by atoms with Crippen LogP contribution in [0.25, 0.3) is 17.2 Å². The molecule has 2 fully saturated rings. The number of thiocarbonyl (C=S) groups is 1. The number of amides is 2. The predicted octanol–water partition coefficient (Wildman–Crippen LogP) is 1.61. The van der Waals surface area contributed by atoms with Crippen LogP contribution in [0.15, 0.2) is 41.3 Å². The van der Waals surface area contributed by atoms with Gasteiger partial charge in [-0.2, -0.15) is 0 Å². The lowest BCUT2D eigenvalue weighted by Gasteiger charge is -2.26. The van der Waals surface area contributed by atoms with Crippen LogP contribution in [0.4, 0.5) is 8.78 Å². The zero-order chi connectivity index (χ0) is 30.2. The predicted molar refractivity (Wildman–Crippen MR) is 154 cm³/mol. The van der Waals surface area contributed by atoms with Gasteiger partial charge >= 0.3 is 5.97 Å². The maximum atomic E-state index is 13.9. The molecule has 0 unspecified atom stereocenters. The lowest BCUT2D eigenvalue weighted by Crippen LogP contribution is -2.50. The van der Waals surface area contributed by atoms with Crippen molar-refractivity contribution in [2.45, 2.75) is 6.04 Å².